The van der Waals surface area contributed by atoms with Crippen LogP contribution in [0, 0.1) is 0 Å². The molecule has 12 heavy (non-hydrogen) atoms. The van der Waals surface area contributed by atoms with Crippen molar-refractivity contribution in [1.82, 2.24) is 0 Å². The van der Waals surface area contributed by atoms with Gasteiger partial charge in [-0.2, -0.15) is 4.33 Å². The van der Waals surface area contributed by atoms with Gasteiger partial charge in [0.2, 0.25) is 0 Å². The fourth-order valence-corrected chi connectivity index (χ4v) is 1.48. The highest BCUT2D eigenvalue weighted by atomic mass is 79.9. The number of rotatable bonds is 4. The van der Waals surface area contributed by atoms with Gasteiger partial charge in [-0.1, -0.05) is 28.1 Å². The second-order valence-corrected chi connectivity index (χ2v) is 3.43. The van der Waals surface area contributed by atoms with Crippen LogP contribution in [0.2, 0.25) is 0 Å². The maximum Gasteiger partial charge on any atom is 0.0725 e. The molecule has 0 radical (unpaired) electrons. The van der Waals surface area contributed by atoms with E-state index >= 15 is 0 Å². The minimum absolute atomic E-state index is 0.878. The van der Waals surface area contributed by atoms with Crippen LogP contribution in [0.1, 0.15) is 5.56 Å². The van der Waals surface area contributed by atoms with Crippen LogP contribution < -0.4 is 0 Å². The molecule has 0 aliphatic heterocycles. The summed E-state index contributed by atoms with van der Waals surface area (Å²) in [7, 11) is 1.49. The molecule has 0 heterocycles. The summed E-state index contributed by atoms with van der Waals surface area (Å²) in [5, 5.41) is 0.878. The summed E-state index contributed by atoms with van der Waals surface area (Å²) >= 11 is 4.57. The van der Waals surface area contributed by atoms with Crippen LogP contribution in [-0.4, -0.2) is 7.11 Å². The van der Waals surface area contributed by atoms with E-state index in [1.54, 1.807) is 0 Å². The summed E-state index contributed by atoms with van der Waals surface area (Å²) < 4.78 is 4.70. The molecule has 0 atom stereocenters. The van der Waals surface area contributed by atoms with Crippen LogP contribution in [-0.2, 0) is 14.6 Å². The van der Waals surface area contributed by atoms with Gasteiger partial charge in [-0.25, -0.2) is 4.89 Å². The van der Waals surface area contributed by atoms with E-state index in [9.17, 15) is 0 Å². The number of hydrogen-bond acceptors (Lipinski definition) is 3. The van der Waals surface area contributed by atoms with Gasteiger partial charge in [0.1, 0.15) is 0 Å². The molecule has 0 saturated heterocycles. The summed E-state index contributed by atoms with van der Waals surface area (Å²) in [4.78, 5) is 5.49. The number of benzene rings is 1. The number of halogens is 1. The van der Waals surface area contributed by atoms with E-state index in [4.69, 9.17) is 4.33 Å². The van der Waals surface area contributed by atoms with E-state index in [0.29, 0.717) is 0 Å². The molecule has 4 heteroatoms. The van der Waals surface area contributed by atoms with Crippen LogP contribution >= 0.6 is 28.0 Å². The highest BCUT2D eigenvalue weighted by molar-refractivity contribution is 9.08. The fraction of sp³-hybridized carbons (Fsp3) is 0.250. The summed E-state index contributed by atoms with van der Waals surface area (Å²) in [5.41, 5.74) is 1.25. The summed E-state index contributed by atoms with van der Waals surface area (Å²) in [5.74, 6) is 0. The van der Waals surface area contributed by atoms with Crippen molar-refractivity contribution in [3.63, 3.8) is 0 Å². The van der Waals surface area contributed by atoms with E-state index in [2.05, 4.69) is 20.8 Å². The first-order chi connectivity index (χ1) is 5.86. The van der Waals surface area contributed by atoms with Crippen molar-refractivity contribution in [2.24, 2.45) is 0 Å². The van der Waals surface area contributed by atoms with Gasteiger partial charge < -0.3 is 0 Å². The van der Waals surface area contributed by atoms with Crippen LogP contribution in [0.5, 0.6) is 0 Å². The van der Waals surface area contributed by atoms with Gasteiger partial charge in [0, 0.05) is 10.2 Å². The Morgan fingerprint density at radius 3 is 2.50 bits per heavy atom. The first kappa shape index (κ1) is 10.1. The Balaban J connectivity index is 2.53. The Morgan fingerprint density at radius 1 is 1.33 bits per heavy atom. The van der Waals surface area contributed by atoms with Crippen molar-refractivity contribution >= 4 is 28.0 Å². The molecule has 1 rings (SSSR count). The summed E-state index contributed by atoms with van der Waals surface area (Å²) in [6.45, 7) is 0. The number of alkyl halides is 1. The van der Waals surface area contributed by atoms with Gasteiger partial charge in [0.15, 0.2) is 0 Å². The van der Waals surface area contributed by atoms with E-state index < -0.39 is 0 Å². The van der Waals surface area contributed by atoms with E-state index in [0.717, 1.165) is 10.2 Å². The second kappa shape index (κ2) is 5.59. The van der Waals surface area contributed by atoms with E-state index in [-0.39, 0.29) is 0 Å². The molecule has 2 nitrogen and oxygen atoms in total. The normalized spacial score (nSPS) is 10.2. The molecule has 0 aliphatic carbocycles. The maximum atomic E-state index is 4.70. The smallest absolute Gasteiger partial charge is 0.0725 e. The van der Waals surface area contributed by atoms with Crippen LogP contribution in [0.3, 0.4) is 0 Å². The van der Waals surface area contributed by atoms with Crippen LogP contribution in [0.15, 0.2) is 29.2 Å². The third-order valence-corrected chi connectivity index (χ3v) is 2.59. The highest BCUT2D eigenvalue weighted by Crippen LogP contribution is 2.19. The lowest BCUT2D eigenvalue weighted by atomic mass is 10.2. The monoisotopic (exact) mass is 248 g/mol. The van der Waals surface area contributed by atoms with Crippen molar-refractivity contribution in [3.05, 3.63) is 29.8 Å². The second-order valence-electron chi connectivity index (χ2n) is 2.10. The van der Waals surface area contributed by atoms with Gasteiger partial charge in [-0.15, -0.1) is 0 Å². The standard InChI is InChI=1S/C8H9BrO2S/c1-10-11-12-8-4-2-7(6-9)3-5-8/h2-5H,6H2,1H3. The molecule has 0 aromatic heterocycles. The van der Waals surface area contributed by atoms with Crippen molar-refractivity contribution in [3.8, 4) is 0 Å². The highest BCUT2D eigenvalue weighted by Gasteiger charge is 1.94. The quantitative estimate of drug-likeness (QED) is 0.353. The van der Waals surface area contributed by atoms with Gasteiger partial charge >= 0.3 is 0 Å². The SMILES string of the molecule is COOSc1ccc(CBr)cc1. The Labute approximate surface area is 84.5 Å². The lowest BCUT2D eigenvalue weighted by Gasteiger charge is -1.99. The predicted octanol–water partition coefficient (Wildman–Crippen LogP) is 3.17. The summed E-state index contributed by atoms with van der Waals surface area (Å²) in [6, 6.07) is 8.05. The van der Waals surface area contributed by atoms with Crippen molar-refractivity contribution < 1.29 is 9.22 Å². The predicted molar refractivity (Wildman–Crippen MR) is 53.0 cm³/mol. The zero-order valence-electron chi connectivity index (χ0n) is 6.62. The van der Waals surface area contributed by atoms with Crippen molar-refractivity contribution in [2.45, 2.75) is 10.2 Å². The van der Waals surface area contributed by atoms with Crippen LogP contribution in [0.25, 0.3) is 0 Å². The molecule has 0 N–H and O–H groups in total. The summed E-state index contributed by atoms with van der Waals surface area (Å²) in [6.07, 6.45) is 0. The fourth-order valence-electron chi connectivity index (χ4n) is 0.707. The Bertz CT molecular complexity index is 225. The maximum absolute atomic E-state index is 4.70. The van der Waals surface area contributed by atoms with Gasteiger partial charge in [0.05, 0.1) is 19.2 Å². The third kappa shape index (κ3) is 3.15. The van der Waals surface area contributed by atoms with Gasteiger partial charge in [-0.05, 0) is 17.7 Å². The van der Waals surface area contributed by atoms with Crippen LogP contribution in [0.4, 0.5) is 0 Å². The Kier molecular flexibility index (Phi) is 4.68. The van der Waals surface area contributed by atoms with Crippen molar-refractivity contribution in [2.75, 3.05) is 7.11 Å². The van der Waals surface area contributed by atoms with Gasteiger partial charge in [-0.3, -0.25) is 0 Å². The molecule has 0 unspecified atom stereocenters. The van der Waals surface area contributed by atoms with E-state index in [1.165, 1.54) is 24.7 Å². The third-order valence-electron chi connectivity index (χ3n) is 1.28. The minimum Gasteiger partial charge on any atom is -0.227 e. The molecule has 66 valence electrons. The molecule has 0 spiro atoms. The molecular weight excluding hydrogens is 240 g/mol. The molecular formula is C8H9BrO2S. The largest absolute Gasteiger partial charge is 0.227 e. The zero-order chi connectivity index (χ0) is 8.81. The average Bonchev–Trinajstić information content (AvgIpc) is 2.15. The first-order valence-corrected chi connectivity index (χ1v) is 5.25. The molecule has 0 saturated carbocycles. The molecule has 1 aromatic carbocycles. The molecule has 0 aliphatic rings. The van der Waals surface area contributed by atoms with E-state index in [1.807, 2.05) is 24.3 Å². The topological polar surface area (TPSA) is 18.5 Å². The lowest BCUT2D eigenvalue weighted by molar-refractivity contribution is -0.160. The molecule has 0 bridgehead atoms. The zero-order valence-corrected chi connectivity index (χ0v) is 9.02. The lowest BCUT2D eigenvalue weighted by Crippen LogP contribution is -1.79. The van der Waals surface area contributed by atoms with Gasteiger partial charge in [0.25, 0.3) is 0 Å². The molecule has 0 fully saturated rings. The number of hydrogen-bond donors (Lipinski definition) is 0. The molecule has 0 amide bonds. The molecule has 1 aromatic rings. The minimum atomic E-state index is 0.878. The average molecular weight is 249 g/mol. The Hall–Kier alpha value is -0.0300. The first-order valence-electron chi connectivity index (χ1n) is 3.39. The Morgan fingerprint density at radius 2 is 2.00 bits per heavy atom. The van der Waals surface area contributed by atoms with Crippen molar-refractivity contribution in [1.29, 1.82) is 0 Å².